The number of β-amino-alcohol motifs (C(OH)–C–C–N with tert-alkyl or cyclic N) is 1. The molecule has 1 atom stereocenters. The summed E-state index contributed by atoms with van der Waals surface area (Å²) in [5.41, 5.74) is 4.00. The zero-order valence-corrected chi connectivity index (χ0v) is 17.5. The number of fused-ring (bicyclic) bond motifs is 1. The minimum atomic E-state index is -0.455. The lowest BCUT2D eigenvalue weighted by molar-refractivity contribution is 0.0504. The first kappa shape index (κ1) is 20.2. The van der Waals surface area contributed by atoms with Crippen LogP contribution in [0.2, 0.25) is 0 Å². The summed E-state index contributed by atoms with van der Waals surface area (Å²) < 4.78 is 5.94. The van der Waals surface area contributed by atoms with Gasteiger partial charge in [0.2, 0.25) is 0 Å². The number of aryl methyl sites for hydroxylation is 1. The topological polar surface area (TPSA) is 39.2 Å². The standard InChI is InChI=1S/C24H33N3O2/c1-25-12-14-26(15-13-25)18-22(28)19-29-23-9-10-24-21(16-23)8-5-11-27(24)17-20-6-3-2-4-7-20/h2-4,6-7,9-10,16,22,28H,5,8,11-15,17-19H2,1H3. The quantitative estimate of drug-likeness (QED) is 0.780. The van der Waals surface area contributed by atoms with E-state index < -0.39 is 6.10 Å². The molecule has 2 aliphatic rings. The molecule has 0 bridgehead atoms. The fraction of sp³-hybridized carbons (Fsp3) is 0.500. The maximum atomic E-state index is 10.4. The van der Waals surface area contributed by atoms with Gasteiger partial charge >= 0.3 is 0 Å². The van der Waals surface area contributed by atoms with Gasteiger partial charge in [-0.3, -0.25) is 4.90 Å². The van der Waals surface area contributed by atoms with Gasteiger partial charge in [-0.1, -0.05) is 30.3 Å². The van der Waals surface area contributed by atoms with Gasteiger partial charge in [0.1, 0.15) is 18.5 Å². The highest BCUT2D eigenvalue weighted by Gasteiger charge is 2.19. The number of nitrogens with zero attached hydrogens (tertiary/aromatic N) is 3. The van der Waals surface area contributed by atoms with Crippen molar-refractivity contribution in [3.05, 3.63) is 59.7 Å². The van der Waals surface area contributed by atoms with E-state index in [1.165, 1.54) is 16.8 Å². The molecule has 2 aromatic carbocycles. The van der Waals surface area contributed by atoms with E-state index in [0.717, 1.165) is 57.9 Å². The van der Waals surface area contributed by atoms with E-state index in [2.05, 4.69) is 64.2 Å². The molecule has 1 N–H and O–H groups in total. The van der Waals surface area contributed by atoms with Gasteiger partial charge in [0.15, 0.2) is 0 Å². The molecule has 0 spiro atoms. The molecule has 2 aromatic rings. The zero-order chi connectivity index (χ0) is 20.1. The molecule has 2 aliphatic heterocycles. The van der Waals surface area contributed by atoms with Crippen molar-refractivity contribution in [1.82, 2.24) is 9.80 Å². The minimum absolute atomic E-state index is 0.346. The minimum Gasteiger partial charge on any atom is -0.491 e. The summed E-state index contributed by atoms with van der Waals surface area (Å²) in [7, 11) is 2.15. The van der Waals surface area contributed by atoms with Gasteiger partial charge in [-0.2, -0.15) is 0 Å². The molecule has 0 saturated carbocycles. The van der Waals surface area contributed by atoms with Crippen molar-refractivity contribution >= 4 is 5.69 Å². The number of piperazine rings is 1. The molecule has 29 heavy (non-hydrogen) atoms. The van der Waals surface area contributed by atoms with Crippen molar-refractivity contribution in [2.45, 2.75) is 25.5 Å². The first-order valence-corrected chi connectivity index (χ1v) is 10.8. The predicted molar refractivity (Wildman–Crippen MR) is 118 cm³/mol. The third-order valence-corrected chi connectivity index (χ3v) is 5.99. The van der Waals surface area contributed by atoms with Gasteiger partial charge in [-0.25, -0.2) is 0 Å². The number of aliphatic hydroxyl groups excluding tert-OH is 1. The van der Waals surface area contributed by atoms with Crippen LogP contribution in [-0.4, -0.2) is 73.9 Å². The van der Waals surface area contributed by atoms with Crippen LogP contribution in [0.4, 0.5) is 5.69 Å². The summed E-state index contributed by atoms with van der Waals surface area (Å²) in [5.74, 6) is 0.864. The molecular formula is C24H33N3O2. The molecule has 156 valence electrons. The SMILES string of the molecule is CN1CCN(CC(O)COc2ccc3c(c2)CCCN3Cc2ccccc2)CC1. The Morgan fingerprint density at radius 1 is 1.00 bits per heavy atom. The first-order valence-electron chi connectivity index (χ1n) is 10.8. The molecule has 0 amide bonds. The van der Waals surface area contributed by atoms with Crippen molar-refractivity contribution in [3.8, 4) is 5.75 Å². The zero-order valence-electron chi connectivity index (χ0n) is 17.5. The smallest absolute Gasteiger partial charge is 0.119 e. The van der Waals surface area contributed by atoms with Crippen LogP contribution < -0.4 is 9.64 Å². The van der Waals surface area contributed by atoms with Crippen LogP contribution in [0, 0.1) is 0 Å². The first-order chi connectivity index (χ1) is 14.2. The molecule has 0 radical (unpaired) electrons. The van der Waals surface area contributed by atoms with Crippen molar-refractivity contribution in [1.29, 1.82) is 0 Å². The Kier molecular flexibility index (Phi) is 6.70. The number of aliphatic hydroxyl groups is 1. The van der Waals surface area contributed by atoms with E-state index in [1.54, 1.807) is 0 Å². The lowest BCUT2D eigenvalue weighted by Crippen LogP contribution is -2.47. The number of hydrogen-bond donors (Lipinski definition) is 1. The second-order valence-electron chi connectivity index (χ2n) is 8.37. The van der Waals surface area contributed by atoms with Crippen molar-refractivity contribution in [2.24, 2.45) is 0 Å². The van der Waals surface area contributed by atoms with Gasteiger partial charge in [0, 0.05) is 51.5 Å². The summed E-state index contributed by atoms with van der Waals surface area (Å²) in [4.78, 5) is 7.11. The summed E-state index contributed by atoms with van der Waals surface area (Å²) in [6.45, 7) is 7.23. The Balaban J connectivity index is 1.32. The van der Waals surface area contributed by atoms with Crippen LogP contribution in [0.5, 0.6) is 5.75 Å². The Labute approximate surface area is 174 Å². The second kappa shape index (κ2) is 9.61. The Morgan fingerprint density at radius 3 is 2.59 bits per heavy atom. The third-order valence-electron chi connectivity index (χ3n) is 5.99. The molecule has 4 rings (SSSR count). The van der Waals surface area contributed by atoms with Gasteiger partial charge in [-0.05, 0) is 49.2 Å². The van der Waals surface area contributed by atoms with Crippen LogP contribution in [0.15, 0.2) is 48.5 Å². The number of likely N-dealkylation sites (N-methyl/N-ethyl adjacent to an activating group) is 1. The maximum Gasteiger partial charge on any atom is 0.119 e. The Bertz CT molecular complexity index is 775. The number of ether oxygens (including phenoxy) is 1. The second-order valence-corrected chi connectivity index (χ2v) is 8.37. The molecule has 2 heterocycles. The monoisotopic (exact) mass is 395 g/mol. The molecule has 0 aliphatic carbocycles. The van der Waals surface area contributed by atoms with Crippen LogP contribution in [0.3, 0.4) is 0 Å². The molecule has 1 unspecified atom stereocenters. The van der Waals surface area contributed by atoms with E-state index in [0.29, 0.717) is 13.2 Å². The van der Waals surface area contributed by atoms with E-state index in [9.17, 15) is 5.11 Å². The van der Waals surface area contributed by atoms with E-state index in [4.69, 9.17) is 4.74 Å². The highest BCUT2D eigenvalue weighted by molar-refractivity contribution is 5.58. The maximum absolute atomic E-state index is 10.4. The van der Waals surface area contributed by atoms with Gasteiger partial charge in [0.25, 0.3) is 0 Å². The highest BCUT2D eigenvalue weighted by Crippen LogP contribution is 2.31. The number of benzene rings is 2. The fourth-order valence-electron chi connectivity index (χ4n) is 4.28. The van der Waals surface area contributed by atoms with Gasteiger partial charge in [0.05, 0.1) is 0 Å². The predicted octanol–water partition coefficient (Wildman–Crippen LogP) is 2.63. The molecule has 1 saturated heterocycles. The van der Waals surface area contributed by atoms with E-state index >= 15 is 0 Å². The van der Waals surface area contributed by atoms with Crippen molar-refractivity contribution in [2.75, 3.05) is 57.8 Å². The largest absolute Gasteiger partial charge is 0.491 e. The average Bonchev–Trinajstić information content (AvgIpc) is 2.75. The highest BCUT2D eigenvalue weighted by atomic mass is 16.5. The van der Waals surface area contributed by atoms with Crippen molar-refractivity contribution in [3.63, 3.8) is 0 Å². The van der Waals surface area contributed by atoms with Gasteiger partial charge in [-0.15, -0.1) is 0 Å². The molecule has 5 heteroatoms. The Hall–Kier alpha value is -2.08. The van der Waals surface area contributed by atoms with Crippen LogP contribution in [0.25, 0.3) is 0 Å². The van der Waals surface area contributed by atoms with E-state index in [1.807, 2.05) is 6.07 Å². The molecular weight excluding hydrogens is 362 g/mol. The summed E-state index contributed by atoms with van der Waals surface area (Å²) in [6.07, 6.45) is 1.79. The van der Waals surface area contributed by atoms with Crippen molar-refractivity contribution < 1.29 is 9.84 Å². The van der Waals surface area contributed by atoms with Crippen LogP contribution >= 0.6 is 0 Å². The Morgan fingerprint density at radius 2 is 1.79 bits per heavy atom. The summed E-state index contributed by atoms with van der Waals surface area (Å²) >= 11 is 0. The normalized spacial score (nSPS) is 19.0. The number of anilines is 1. The lowest BCUT2D eigenvalue weighted by atomic mass is 10.0. The third kappa shape index (κ3) is 5.50. The fourth-order valence-corrected chi connectivity index (χ4v) is 4.28. The number of rotatable bonds is 7. The summed E-state index contributed by atoms with van der Waals surface area (Å²) in [6, 6.07) is 17.0. The molecule has 1 fully saturated rings. The molecule has 0 aromatic heterocycles. The average molecular weight is 396 g/mol. The van der Waals surface area contributed by atoms with Gasteiger partial charge < -0.3 is 19.6 Å². The molecule has 5 nitrogen and oxygen atoms in total. The lowest BCUT2D eigenvalue weighted by Gasteiger charge is -2.33. The summed E-state index contributed by atoms with van der Waals surface area (Å²) in [5, 5.41) is 10.4. The van der Waals surface area contributed by atoms with E-state index in [-0.39, 0.29) is 0 Å². The number of hydrogen-bond acceptors (Lipinski definition) is 5. The van der Waals surface area contributed by atoms with Crippen LogP contribution in [-0.2, 0) is 13.0 Å². The van der Waals surface area contributed by atoms with Crippen LogP contribution in [0.1, 0.15) is 17.5 Å².